The Balaban J connectivity index is 2.86. The van der Waals surface area contributed by atoms with E-state index in [9.17, 15) is 13.2 Å². The second kappa shape index (κ2) is 5.93. The van der Waals surface area contributed by atoms with Gasteiger partial charge < -0.3 is 5.32 Å². The van der Waals surface area contributed by atoms with Gasteiger partial charge in [-0.2, -0.15) is 13.2 Å². The minimum absolute atomic E-state index is 0.214. The molecule has 1 rings (SSSR count). The highest BCUT2D eigenvalue weighted by Gasteiger charge is 2.33. The normalized spacial score (nSPS) is 12.6. The Labute approximate surface area is 113 Å². The van der Waals surface area contributed by atoms with Gasteiger partial charge in [-0.15, -0.1) is 33.4 Å². The first-order chi connectivity index (χ1) is 8.37. The first kappa shape index (κ1) is 15.3. The Morgan fingerprint density at radius 1 is 1.17 bits per heavy atom. The van der Waals surface area contributed by atoms with Crippen molar-refractivity contribution in [2.75, 3.05) is 17.1 Å². The zero-order valence-electron chi connectivity index (χ0n) is 9.56. The van der Waals surface area contributed by atoms with Crippen LogP contribution in [-0.4, -0.2) is 27.5 Å². The highest BCUT2D eigenvalue weighted by molar-refractivity contribution is 6.22. The van der Waals surface area contributed by atoms with Crippen LogP contribution < -0.4 is 5.32 Å². The summed E-state index contributed by atoms with van der Waals surface area (Å²) in [4.78, 5) is 0. The average molecular weight is 302 g/mol. The smallest absolute Gasteiger partial charge is 0.361 e. The predicted molar refractivity (Wildman–Crippen MR) is 65.1 cm³/mol. The van der Waals surface area contributed by atoms with Crippen molar-refractivity contribution < 1.29 is 13.2 Å². The summed E-state index contributed by atoms with van der Waals surface area (Å²) in [5.74, 6) is 0.650. The number of anilines is 1. The van der Waals surface area contributed by atoms with Crippen LogP contribution >= 0.6 is 23.2 Å². The maximum atomic E-state index is 12.3. The molecular formula is C10H12Cl2F3N3. The maximum Gasteiger partial charge on any atom is 0.435 e. The zero-order chi connectivity index (χ0) is 13.8. The summed E-state index contributed by atoms with van der Waals surface area (Å²) in [5, 5.41) is 9.50. The third-order valence-corrected chi connectivity index (χ3v) is 3.56. The molecule has 0 aliphatic rings. The van der Waals surface area contributed by atoms with Crippen molar-refractivity contribution in [3.63, 3.8) is 0 Å². The van der Waals surface area contributed by atoms with E-state index in [0.717, 1.165) is 6.07 Å². The van der Waals surface area contributed by atoms with E-state index in [2.05, 4.69) is 15.5 Å². The number of alkyl halides is 5. The van der Waals surface area contributed by atoms with Gasteiger partial charge in [0.2, 0.25) is 0 Å². The van der Waals surface area contributed by atoms with Crippen LogP contribution in [0.3, 0.4) is 0 Å². The fraction of sp³-hybridized carbons (Fsp3) is 0.600. The molecule has 0 amide bonds. The molecule has 8 heteroatoms. The Morgan fingerprint density at radius 2 is 1.78 bits per heavy atom. The predicted octanol–water partition coefficient (Wildman–Crippen LogP) is 3.53. The molecule has 0 radical (unpaired) electrons. The number of hydrogen-bond acceptors (Lipinski definition) is 3. The second-order valence-corrected chi connectivity index (χ2v) is 4.36. The first-order valence-corrected chi connectivity index (χ1v) is 6.25. The summed E-state index contributed by atoms with van der Waals surface area (Å²) in [6.07, 6.45) is -3.88. The van der Waals surface area contributed by atoms with Crippen LogP contribution in [0.4, 0.5) is 19.0 Å². The van der Waals surface area contributed by atoms with Crippen molar-refractivity contribution in [2.45, 2.75) is 25.1 Å². The first-order valence-electron chi connectivity index (χ1n) is 5.18. The van der Waals surface area contributed by atoms with Crippen LogP contribution in [0, 0.1) is 0 Å². The molecular weight excluding hydrogens is 290 g/mol. The fourth-order valence-electron chi connectivity index (χ4n) is 1.20. The van der Waals surface area contributed by atoms with Crippen molar-refractivity contribution in [3.05, 3.63) is 17.8 Å². The lowest BCUT2D eigenvalue weighted by Crippen LogP contribution is -2.42. The quantitative estimate of drug-likeness (QED) is 0.846. The Kier molecular flexibility index (Phi) is 5.04. The minimum atomic E-state index is -4.49. The number of halogens is 5. The van der Waals surface area contributed by atoms with Crippen LogP contribution in [0.1, 0.15) is 19.0 Å². The topological polar surface area (TPSA) is 37.8 Å². The van der Waals surface area contributed by atoms with Gasteiger partial charge in [-0.1, -0.05) is 6.92 Å². The van der Waals surface area contributed by atoms with Crippen molar-refractivity contribution in [2.24, 2.45) is 0 Å². The molecule has 0 saturated heterocycles. The van der Waals surface area contributed by atoms with Crippen molar-refractivity contribution in [1.82, 2.24) is 10.2 Å². The van der Waals surface area contributed by atoms with E-state index in [1.54, 1.807) is 0 Å². The lowest BCUT2D eigenvalue weighted by atomic mass is 10.0. The van der Waals surface area contributed by atoms with Crippen LogP contribution in [0.2, 0.25) is 0 Å². The van der Waals surface area contributed by atoms with Crippen LogP contribution in [0.15, 0.2) is 12.1 Å². The van der Waals surface area contributed by atoms with E-state index in [1.165, 1.54) is 6.07 Å². The van der Waals surface area contributed by atoms with Crippen molar-refractivity contribution in [1.29, 1.82) is 0 Å². The Bertz CT molecular complexity index is 369. The van der Waals surface area contributed by atoms with E-state index in [1.807, 2.05) is 6.92 Å². The summed E-state index contributed by atoms with van der Waals surface area (Å²) in [6.45, 7) is 1.87. The average Bonchev–Trinajstić information content (AvgIpc) is 2.36. The number of nitrogens with zero attached hydrogens (tertiary/aromatic N) is 2. The summed E-state index contributed by atoms with van der Waals surface area (Å²) < 4.78 is 36.9. The molecule has 0 unspecified atom stereocenters. The summed E-state index contributed by atoms with van der Waals surface area (Å²) >= 11 is 11.6. The van der Waals surface area contributed by atoms with Gasteiger partial charge in [0, 0.05) is 11.8 Å². The molecule has 1 aromatic heterocycles. The van der Waals surface area contributed by atoms with Crippen LogP contribution in [0.5, 0.6) is 0 Å². The number of rotatable bonds is 5. The molecule has 0 aromatic carbocycles. The molecule has 0 atom stereocenters. The van der Waals surface area contributed by atoms with Gasteiger partial charge in [-0.05, 0) is 18.6 Å². The van der Waals surface area contributed by atoms with Crippen LogP contribution in [0.25, 0.3) is 0 Å². The third kappa shape index (κ3) is 3.62. The lowest BCUT2D eigenvalue weighted by Gasteiger charge is -2.29. The maximum absolute atomic E-state index is 12.3. The molecule has 102 valence electrons. The monoisotopic (exact) mass is 301 g/mol. The molecule has 0 fully saturated rings. The molecule has 1 N–H and O–H groups in total. The third-order valence-electron chi connectivity index (χ3n) is 2.54. The summed E-state index contributed by atoms with van der Waals surface area (Å²) in [7, 11) is 0. The van der Waals surface area contributed by atoms with Gasteiger partial charge in [0.05, 0.1) is 5.54 Å². The molecule has 0 bridgehead atoms. The standard InChI is InChI=1S/C10H12Cl2F3N3/c1-2-9(5-11,6-12)16-8-4-3-7(17-18-8)10(13,14)15/h3-4H,2,5-6H2,1H3,(H,16,18). The van der Waals surface area contributed by atoms with Gasteiger partial charge in [-0.25, -0.2) is 0 Å². The van der Waals surface area contributed by atoms with E-state index < -0.39 is 17.4 Å². The van der Waals surface area contributed by atoms with Gasteiger partial charge in [0.25, 0.3) is 0 Å². The largest absolute Gasteiger partial charge is 0.435 e. The van der Waals surface area contributed by atoms with Crippen molar-refractivity contribution >= 4 is 29.0 Å². The summed E-state index contributed by atoms with van der Waals surface area (Å²) in [5.41, 5.74) is -1.63. The van der Waals surface area contributed by atoms with Gasteiger partial charge in [-0.3, -0.25) is 0 Å². The molecule has 18 heavy (non-hydrogen) atoms. The molecule has 0 spiro atoms. The van der Waals surface area contributed by atoms with Gasteiger partial charge in [0.15, 0.2) is 5.69 Å². The summed E-state index contributed by atoms with van der Waals surface area (Å²) in [6, 6.07) is 2.07. The number of hydrogen-bond donors (Lipinski definition) is 1. The molecule has 1 heterocycles. The van der Waals surface area contributed by atoms with E-state index in [-0.39, 0.29) is 17.6 Å². The van der Waals surface area contributed by atoms with E-state index in [0.29, 0.717) is 6.42 Å². The van der Waals surface area contributed by atoms with Crippen molar-refractivity contribution in [3.8, 4) is 0 Å². The van der Waals surface area contributed by atoms with Gasteiger partial charge in [0.1, 0.15) is 5.82 Å². The van der Waals surface area contributed by atoms with Gasteiger partial charge >= 0.3 is 6.18 Å². The Morgan fingerprint density at radius 3 is 2.11 bits per heavy atom. The Hall–Kier alpha value is -0.750. The van der Waals surface area contributed by atoms with E-state index >= 15 is 0 Å². The minimum Gasteiger partial charge on any atom is -0.361 e. The SMILES string of the molecule is CCC(CCl)(CCl)Nc1ccc(C(F)(F)F)nn1. The molecule has 0 aliphatic carbocycles. The highest BCUT2D eigenvalue weighted by Crippen LogP contribution is 2.28. The highest BCUT2D eigenvalue weighted by atomic mass is 35.5. The lowest BCUT2D eigenvalue weighted by molar-refractivity contribution is -0.141. The second-order valence-electron chi connectivity index (χ2n) is 3.83. The number of aromatic nitrogens is 2. The van der Waals surface area contributed by atoms with E-state index in [4.69, 9.17) is 23.2 Å². The molecule has 0 aliphatic heterocycles. The van der Waals surface area contributed by atoms with Crippen LogP contribution in [-0.2, 0) is 6.18 Å². The molecule has 0 saturated carbocycles. The zero-order valence-corrected chi connectivity index (χ0v) is 11.1. The fourth-order valence-corrected chi connectivity index (χ4v) is 2.00. The number of nitrogens with one attached hydrogen (secondary N) is 1. The molecule has 3 nitrogen and oxygen atoms in total. The molecule has 1 aromatic rings.